The van der Waals surface area contributed by atoms with Gasteiger partial charge in [-0.3, -0.25) is 9.89 Å². The summed E-state index contributed by atoms with van der Waals surface area (Å²) in [4.78, 5) is 23.8. The van der Waals surface area contributed by atoms with Crippen molar-refractivity contribution in [2.45, 2.75) is 32.6 Å². The average molecular weight is 370 g/mol. The van der Waals surface area contributed by atoms with Crippen LogP contribution in [-0.4, -0.2) is 64.3 Å². The van der Waals surface area contributed by atoms with Gasteiger partial charge in [-0.15, -0.1) is 0 Å². The maximum atomic E-state index is 12.7. The Bertz CT molecular complexity index is 826. The van der Waals surface area contributed by atoms with Crippen molar-refractivity contribution in [3.63, 3.8) is 0 Å². The summed E-state index contributed by atoms with van der Waals surface area (Å²) in [6, 6.07) is 0.348. The summed E-state index contributed by atoms with van der Waals surface area (Å²) in [5, 5.41) is 10.4. The molecule has 2 aliphatic rings. The van der Waals surface area contributed by atoms with Gasteiger partial charge in [-0.2, -0.15) is 10.1 Å². The van der Waals surface area contributed by atoms with Gasteiger partial charge >= 0.3 is 6.01 Å². The summed E-state index contributed by atoms with van der Waals surface area (Å²) in [5.74, 6) is 0.469. The summed E-state index contributed by atoms with van der Waals surface area (Å²) >= 11 is 0. The Hall–Kier alpha value is -2.48. The average Bonchev–Trinajstić information content (AvgIpc) is 3.12. The number of H-pyrrole nitrogens is 1. The number of aromatic amines is 1. The van der Waals surface area contributed by atoms with Gasteiger partial charge in [0.15, 0.2) is 0 Å². The predicted octanol–water partition coefficient (Wildman–Crippen LogP) is 1.44. The van der Waals surface area contributed by atoms with Crippen molar-refractivity contribution < 1.29 is 9.53 Å². The minimum Gasteiger partial charge on any atom is -0.464 e. The highest BCUT2D eigenvalue weighted by Crippen LogP contribution is 2.32. The first-order valence-electron chi connectivity index (χ1n) is 9.68. The number of piperidine rings is 1. The number of fused-ring (bicyclic) bond motifs is 3. The van der Waals surface area contributed by atoms with E-state index >= 15 is 0 Å². The van der Waals surface area contributed by atoms with Gasteiger partial charge in [0.25, 0.3) is 5.91 Å². The van der Waals surface area contributed by atoms with Crippen molar-refractivity contribution in [1.29, 1.82) is 0 Å². The number of hydrogen-bond donors (Lipinski definition) is 2. The van der Waals surface area contributed by atoms with E-state index in [1.165, 1.54) is 0 Å². The molecule has 4 rings (SSSR count). The molecule has 2 aromatic heterocycles. The molecule has 8 heteroatoms. The molecular formula is C19H26N6O2. The van der Waals surface area contributed by atoms with Crippen molar-refractivity contribution in [2.75, 3.05) is 33.3 Å². The van der Waals surface area contributed by atoms with Gasteiger partial charge in [-0.1, -0.05) is 0 Å². The first-order valence-corrected chi connectivity index (χ1v) is 9.68. The van der Waals surface area contributed by atoms with Gasteiger partial charge in [0.1, 0.15) is 17.1 Å². The Kier molecular flexibility index (Phi) is 5.07. The second kappa shape index (κ2) is 7.64. The van der Waals surface area contributed by atoms with E-state index < -0.39 is 0 Å². The number of rotatable bonds is 5. The van der Waals surface area contributed by atoms with Crippen molar-refractivity contribution >= 4 is 5.91 Å². The maximum absolute atomic E-state index is 12.7. The fourth-order valence-corrected chi connectivity index (χ4v) is 3.82. The number of carbonyl (C=O) groups is 1. The topological polar surface area (TPSA) is 96.0 Å². The molecule has 0 aromatic carbocycles. The molecule has 0 unspecified atom stereocenters. The minimum absolute atomic E-state index is 0.0785. The summed E-state index contributed by atoms with van der Waals surface area (Å²) < 4.78 is 5.41. The molecule has 0 bridgehead atoms. The van der Waals surface area contributed by atoms with Gasteiger partial charge in [0.05, 0.1) is 6.61 Å². The van der Waals surface area contributed by atoms with Gasteiger partial charge in [0, 0.05) is 18.3 Å². The molecule has 1 aliphatic carbocycles. The Balaban J connectivity index is 1.48. The molecule has 1 saturated heterocycles. The van der Waals surface area contributed by atoms with E-state index in [1.807, 2.05) is 6.92 Å². The van der Waals surface area contributed by atoms with E-state index in [0.29, 0.717) is 30.8 Å². The number of amides is 1. The zero-order valence-corrected chi connectivity index (χ0v) is 15.9. The first kappa shape index (κ1) is 17.9. The number of aromatic nitrogens is 4. The van der Waals surface area contributed by atoms with Crippen LogP contribution >= 0.6 is 0 Å². The van der Waals surface area contributed by atoms with Crippen molar-refractivity contribution in [3.05, 3.63) is 23.0 Å². The standard InChI is InChI=1S/C19H26N6O2/c1-3-27-19-21-11-13-4-5-14-16(15(13)22-19)23-24-17(14)18(26)20-10-12-6-8-25(2)9-7-12/h11-12H,3-10H2,1-2H3,(H,20,26)(H,23,24). The molecular weight excluding hydrogens is 344 g/mol. The molecule has 1 amide bonds. The lowest BCUT2D eigenvalue weighted by Crippen LogP contribution is -2.37. The Morgan fingerprint density at radius 2 is 2.15 bits per heavy atom. The van der Waals surface area contributed by atoms with Crippen molar-refractivity contribution in [2.24, 2.45) is 5.92 Å². The molecule has 0 atom stereocenters. The highest BCUT2D eigenvalue weighted by Gasteiger charge is 2.27. The van der Waals surface area contributed by atoms with Crippen LogP contribution in [0.25, 0.3) is 11.4 Å². The third-order valence-corrected chi connectivity index (χ3v) is 5.47. The Labute approximate surface area is 158 Å². The summed E-state index contributed by atoms with van der Waals surface area (Å²) in [6.45, 7) is 5.32. The lowest BCUT2D eigenvalue weighted by molar-refractivity contribution is 0.0933. The van der Waals surface area contributed by atoms with Gasteiger partial charge < -0.3 is 15.0 Å². The number of carbonyl (C=O) groups excluding carboxylic acids is 1. The smallest absolute Gasteiger partial charge is 0.316 e. The third-order valence-electron chi connectivity index (χ3n) is 5.47. The molecule has 0 spiro atoms. The highest BCUT2D eigenvalue weighted by molar-refractivity contribution is 5.95. The number of ether oxygens (including phenoxy) is 1. The summed E-state index contributed by atoms with van der Waals surface area (Å²) in [6.07, 6.45) is 5.60. The summed E-state index contributed by atoms with van der Waals surface area (Å²) in [7, 11) is 2.14. The predicted molar refractivity (Wildman–Crippen MR) is 101 cm³/mol. The van der Waals surface area contributed by atoms with E-state index in [-0.39, 0.29) is 5.91 Å². The van der Waals surface area contributed by atoms with Gasteiger partial charge in [-0.05, 0) is 64.2 Å². The molecule has 2 aromatic rings. The lowest BCUT2D eigenvalue weighted by Gasteiger charge is -2.28. The van der Waals surface area contributed by atoms with E-state index in [2.05, 4.69) is 37.4 Å². The van der Waals surface area contributed by atoms with E-state index in [9.17, 15) is 4.79 Å². The van der Waals surface area contributed by atoms with Crippen LogP contribution < -0.4 is 10.1 Å². The fraction of sp³-hybridized carbons (Fsp3) is 0.579. The Morgan fingerprint density at radius 3 is 2.93 bits per heavy atom. The van der Waals surface area contributed by atoms with E-state index in [1.54, 1.807) is 6.20 Å². The lowest BCUT2D eigenvalue weighted by atomic mass is 9.93. The van der Waals surface area contributed by atoms with Gasteiger partial charge in [0.2, 0.25) is 0 Å². The monoisotopic (exact) mass is 370 g/mol. The molecule has 0 saturated carbocycles. The second-order valence-corrected chi connectivity index (χ2v) is 7.34. The number of hydrogen-bond acceptors (Lipinski definition) is 6. The van der Waals surface area contributed by atoms with Crippen LogP contribution in [0.15, 0.2) is 6.20 Å². The van der Waals surface area contributed by atoms with Crippen LogP contribution in [0.5, 0.6) is 6.01 Å². The van der Waals surface area contributed by atoms with Crippen molar-refractivity contribution in [1.82, 2.24) is 30.4 Å². The number of nitrogens with zero attached hydrogens (tertiary/aromatic N) is 4. The molecule has 3 heterocycles. The van der Waals surface area contributed by atoms with Crippen LogP contribution in [0.1, 0.15) is 41.4 Å². The number of likely N-dealkylation sites (tertiary alicyclic amines) is 1. The SMILES string of the molecule is CCOc1ncc2c(n1)-c1n[nH]c(C(=O)NCC3CCN(C)CC3)c1CC2. The number of aryl methyl sites for hydroxylation is 1. The van der Waals surface area contributed by atoms with Crippen molar-refractivity contribution in [3.8, 4) is 17.4 Å². The van der Waals surface area contributed by atoms with Crippen LogP contribution in [0, 0.1) is 5.92 Å². The summed E-state index contributed by atoms with van der Waals surface area (Å²) in [5.41, 5.74) is 4.03. The molecule has 144 valence electrons. The quantitative estimate of drug-likeness (QED) is 0.827. The van der Waals surface area contributed by atoms with E-state index in [0.717, 1.165) is 61.3 Å². The number of nitrogens with one attached hydrogen (secondary N) is 2. The zero-order chi connectivity index (χ0) is 18.8. The van der Waals surface area contributed by atoms with Crippen LogP contribution in [0.4, 0.5) is 0 Å². The van der Waals surface area contributed by atoms with Crippen LogP contribution in [0.2, 0.25) is 0 Å². The fourth-order valence-electron chi connectivity index (χ4n) is 3.82. The molecule has 1 aliphatic heterocycles. The molecule has 1 fully saturated rings. The highest BCUT2D eigenvalue weighted by atomic mass is 16.5. The second-order valence-electron chi connectivity index (χ2n) is 7.34. The maximum Gasteiger partial charge on any atom is 0.316 e. The first-order chi connectivity index (χ1) is 13.2. The third kappa shape index (κ3) is 3.66. The molecule has 27 heavy (non-hydrogen) atoms. The zero-order valence-electron chi connectivity index (χ0n) is 15.9. The molecule has 2 N–H and O–H groups in total. The Morgan fingerprint density at radius 1 is 1.33 bits per heavy atom. The molecule has 0 radical (unpaired) electrons. The minimum atomic E-state index is -0.0785. The van der Waals surface area contributed by atoms with E-state index in [4.69, 9.17) is 4.74 Å². The normalized spacial score (nSPS) is 17.3. The van der Waals surface area contributed by atoms with Gasteiger partial charge in [-0.25, -0.2) is 4.98 Å². The molecule has 8 nitrogen and oxygen atoms in total. The largest absolute Gasteiger partial charge is 0.464 e. The van der Waals surface area contributed by atoms with Crippen LogP contribution in [0.3, 0.4) is 0 Å². The van der Waals surface area contributed by atoms with Crippen LogP contribution in [-0.2, 0) is 12.8 Å².